The van der Waals surface area contributed by atoms with Crippen molar-refractivity contribution in [2.75, 3.05) is 18.0 Å². The maximum absolute atomic E-state index is 10.3. The Bertz CT molecular complexity index is 358. The molecule has 0 bridgehead atoms. The summed E-state index contributed by atoms with van der Waals surface area (Å²) >= 11 is 0. The molecular formula is C10H15N3O3. The fraction of sp³-hybridized carbons (Fsp3) is 0.700. The highest BCUT2D eigenvalue weighted by atomic mass is 16.5. The van der Waals surface area contributed by atoms with Gasteiger partial charge in [-0.1, -0.05) is 0 Å². The summed E-state index contributed by atoms with van der Waals surface area (Å²) in [5.74, 6) is 0.380. The molecule has 0 unspecified atom stereocenters. The van der Waals surface area contributed by atoms with Crippen molar-refractivity contribution < 1.29 is 14.4 Å². The molecule has 88 valence electrons. The number of nitrogens with zero attached hydrogens (tertiary/aromatic N) is 3. The topological polar surface area (TPSA) is 79.5 Å². The van der Waals surface area contributed by atoms with Gasteiger partial charge in [0.25, 0.3) is 5.95 Å². The predicted molar refractivity (Wildman–Crippen MR) is 56.3 cm³/mol. The van der Waals surface area contributed by atoms with E-state index in [1.54, 1.807) is 0 Å². The zero-order chi connectivity index (χ0) is 11.4. The molecule has 1 aliphatic heterocycles. The molecule has 0 amide bonds. The van der Waals surface area contributed by atoms with E-state index < -0.39 is 5.97 Å². The third kappa shape index (κ3) is 2.71. The number of anilines is 1. The fourth-order valence-electron chi connectivity index (χ4n) is 1.78. The van der Waals surface area contributed by atoms with Gasteiger partial charge in [0.15, 0.2) is 0 Å². The summed E-state index contributed by atoms with van der Waals surface area (Å²) in [6.45, 7) is 1.96. The third-order valence-electron chi connectivity index (χ3n) is 2.63. The van der Waals surface area contributed by atoms with Crippen LogP contribution in [0.1, 0.15) is 31.6 Å². The molecular weight excluding hydrogens is 210 g/mol. The molecule has 6 nitrogen and oxygen atoms in total. The van der Waals surface area contributed by atoms with Crippen LogP contribution in [0.4, 0.5) is 5.95 Å². The average Bonchev–Trinajstić information content (AvgIpc) is 2.85. The number of aliphatic carboxylic acids is 1. The van der Waals surface area contributed by atoms with E-state index in [0.717, 1.165) is 13.1 Å². The van der Waals surface area contributed by atoms with Crippen LogP contribution in [0.5, 0.6) is 0 Å². The lowest BCUT2D eigenvalue weighted by molar-refractivity contribution is -0.137. The summed E-state index contributed by atoms with van der Waals surface area (Å²) in [5, 5.41) is 12.4. The molecule has 0 aliphatic carbocycles. The van der Waals surface area contributed by atoms with Crippen molar-refractivity contribution >= 4 is 11.9 Å². The van der Waals surface area contributed by atoms with Crippen molar-refractivity contribution in [2.24, 2.45) is 0 Å². The summed E-state index contributed by atoms with van der Waals surface area (Å²) in [6, 6.07) is 0. The lowest BCUT2D eigenvalue weighted by atomic mass is 10.2. The maximum atomic E-state index is 10.3. The predicted octanol–water partition coefficient (Wildman–Crippen LogP) is 1.08. The Morgan fingerprint density at radius 3 is 2.88 bits per heavy atom. The summed E-state index contributed by atoms with van der Waals surface area (Å²) in [6.07, 6.45) is 3.55. The second-order valence-corrected chi connectivity index (χ2v) is 3.93. The molecule has 1 N–H and O–H groups in total. The second-order valence-electron chi connectivity index (χ2n) is 3.93. The smallest absolute Gasteiger partial charge is 0.303 e. The van der Waals surface area contributed by atoms with Crippen molar-refractivity contribution in [1.29, 1.82) is 0 Å². The minimum Gasteiger partial charge on any atom is -0.481 e. The minimum absolute atomic E-state index is 0.140. The second kappa shape index (κ2) is 4.96. The third-order valence-corrected chi connectivity index (χ3v) is 2.63. The highest BCUT2D eigenvalue weighted by Gasteiger charge is 2.17. The summed E-state index contributed by atoms with van der Waals surface area (Å²) < 4.78 is 5.06. The van der Waals surface area contributed by atoms with Crippen molar-refractivity contribution in [3.63, 3.8) is 0 Å². The Hall–Kier alpha value is -1.59. The first-order valence-corrected chi connectivity index (χ1v) is 5.55. The first-order valence-electron chi connectivity index (χ1n) is 5.55. The number of aryl methyl sites for hydroxylation is 1. The largest absolute Gasteiger partial charge is 0.481 e. The number of carboxylic acids is 1. The van der Waals surface area contributed by atoms with Crippen LogP contribution < -0.4 is 4.90 Å². The van der Waals surface area contributed by atoms with Crippen LogP contribution in [0.15, 0.2) is 4.52 Å². The van der Waals surface area contributed by atoms with Crippen LogP contribution >= 0.6 is 0 Å². The summed E-state index contributed by atoms with van der Waals surface area (Å²) in [5.41, 5.74) is 0. The minimum atomic E-state index is -0.792. The SMILES string of the molecule is O=C(O)CCCc1nc(N2CCCC2)no1. The first kappa shape index (κ1) is 10.9. The molecule has 0 spiro atoms. The zero-order valence-corrected chi connectivity index (χ0v) is 9.06. The van der Waals surface area contributed by atoms with Gasteiger partial charge in [0.2, 0.25) is 5.89 Å². The van der Waals surface area contributed by atoms with Gasteiger partial charge in [-0.3, -0.25) is 4.79 Å². The average molecular weight is 225 g/mol. The Kier molecular flexibility index (Phi) is 3.38. The molecule has 0 aromatic carbocycles. The van der Waals surface area contributed by atoms with E-state index in [1.165, 1.54) is 12.8 Å². The van der Waals surface area contributed by atoms with Gasteiger partial charge in [-0.05, 0) is 24.4 Å². The lowest BCUT2D eigenvalue weighted by Gasteiger charge is -2.09. The summed E-state index contributed by atoms with van der Waals surface area (Å²) in [4.78, 5) is 16.7. The molecule has 16 heavy (non-hydrogen) atoms. The van der Waals surface area contributed by atoms with Gasteiger partial charge in [0, 0.05) is 25.9 Å². The van der Waals surface area contributed by atoms with Gasteiger partial charge in [0.05, 0.1) is 0 Å². The van der Waals surface area contributed by atoms with Crippen LogP contribution in [0.2, 0.25) is 0 Å². The Balaban J connectivity index is 1.84. The molecule has 6 heteroatoms. The van der Waals surface area contributed by atoms with Crippen LogP contribution in [0, 0.1) is 0 Å². The van der Waals surface area contributed by atoms with Gasteiger partial charge in [-0.2, -0.15) is 4.98 Å². The van der Waals surface area contributed by atoms with E-state index in [2.05, 4.69) is 15.0 Å². The normalized spacial score (nSPS) is 15.6. The van der Waals surface area contributed by atoms with Crippen LogP contribution in [0.25, 0.3) is 0 Å². The summed E-state index contributed by atoms with van der Waals surface area (Å²) in [7, 11) is 0. The number of carbonyl (C=O) groups is 1. The van der Waals surface area contributed by atoms with Gasteiger partial charge < -0.3 is 14.5 Å². The molecule has 1 aromatic heterocycles. The first-order chi connectivity index (χ1) is 7.75. The van der Waals surface area contributed by atoms with Crippen molar-refractivity contribution in [2.45, 2.75) is 32.1 Å². The molecule has 2 heterocycles. The van der Waals surface area contributed by atoms with Crippen LogP contribution in [-0.4, -0.2) is 34.3 Å². The van der Waals surface area contributed by atoms with E-state index in [0.29, 0.717) is 24.7 Å². The van der Waals surface area contributed by atoms with E-state index in [1.807, 2.05) is 0 Å². The number of aromatic nitrogens is 2. The molecule has 2 rings (SSSR count). The molecule has 0 atom stereocenters. The molecule has 0 saturated carbocycles. The Morgan fingerprint density at radius 1 is 1.44 bits per heavy atom. The maximum Gasteiger partial charge on any atom is 0.303 e. The van der Waals surface area contributed by atoms with E-state index in [4.69, 9.17) is 9.63 Å². The van der Waals surface area contributed by atoms with Gasteiger partial charge in [-0.25, -0.2) is 0 Å². The standard InChI is InChI=1S/C10H15N3O3/c14-9(15)5-3-4-8-11-10(12-16-8)13-6-1-2-7-13/h1-7H2,(H,14,15). The van der Waals surface area contributed by atoms with Crippen molar-refractivity contribution in [3.8, 4) is 0 Å². The lowest BCUT2D eigenvalue weighted by Crippen LogP contribution is -2.18. The monoisotopic (exact) mass is 225 g/mol. The number of rotatable bonds is 5. The molecule has 0 radical (unpaired) electrons. The van der Waals surface area contributed by atoms with E-state index >= 15 is 0 Å². The van der Waals surface area contributed by atoms with Gasteiger partial charge in [0.1, 0.15) is 0 Å². The fourth-order valence-corrected chi connectivity index (χ4v) is 1.78. The zero-order valence-electron chi connectivity index (χ0n) is 9.06. The number of carboxylic acid groups (broad SMARTS) is 1. The van der Waals surface area contributed by atoms with E-state index in [-0.39, 0.29) is 6.42 Å². The quantitative estimate of drug-likeness (QED) is 0.807. The number of hydrogen-bond donors (Lipinski definition) is 1. The molecule has 1 aliphatic rings. The van der Waals surface area contributed by atoms with E-state index in [9.17, 15) is 4.79 Å². The van der Waals surface area contributed by atoms with Gasteiger partial charge in [-0.15, -0.1) is 0 Å². The molecule has 1 fully saturated rings. The van der Waals surface area contributed by atoms with Gasteiger partial charge >= 0.3 is 5.97 Å². The Labute approximate surface area is 93.2 Å². The van der Waals surface area contributed by atoms with Crippen LogP contribution in [0.3, 0.4) is 0 Å². The van der Waals surface area contributed by atoms with Crippen LogP contribution in [-0.2, 0) is 11.2 Å². The van der Waals surface area contributed by atoms with Crippen molar-refractivity contribution in [3.05, 3.63) is 5.89 Å². The molecule has 1 aromatic rings. The number of hydrogen-bond acceptors (Lipinski definition) is 5. The van der Waals surface area contributed by atoms with Crippen molar-refractivity contribution in [1.82, 2.24) is 10.1 Å². The molecule has 1 saturated heterocycles. The Morgan fingerprint density at radius 2 is 2.19 bits per heavy atom. The highest BCUT2D eigenvalue weighted by molar-refractivity contribution is 5.66. The highest BCUT2D eigenvalue weighted by Crippen LogP contribution is 2.16.